The van der Waals surface area contributed by atoms with Crippen LogP contribution in [-0.2, 0) is 9.59 Å². The second-order valence-corrected chi connectivity index (χ2v) is 6.68. The van der Waals surface area contributed by atoms with E-state index >= 15 is 0 Å². The minimum Gasteiger partial charge on any atom is -0.299 e. The Morgan fingerprint density at radius 1 is 1.20 bits per heavy atom. The Kier molecular flexibility index (Phi) is 3.79. The van der Waals surface area contributed by atoms with Crippen LogP contribution in [0.3, 0.4) is 0 Å². The monoisotopic (exact) mass is 286 g/mol. The van der Waals surface area contributed by atoms with Crippen LogP contribution < -0.4 is 0 Å². The molecule has 0 aliphatic heterocycles. The number of carbonyl (C=O) groups is 2. The summed E-state index contributed by atoms with van der Waals surface area (Å²) in [4.78, 5) is 25.5. The third-order valence-corrected chi connectivity index (χ3v) is 5.33. The summed E-state index contributed by atoms with van der Waals surface area (Å²) in [5.41, 5.74) is 2.06. The molecule has 0 heterocycles. The van der Waals surface area contributed by atoms with E-state index in [1.807, 2.05) is 25.1 Å². The lowest BCUT2D eigenvalue weighted by molar-refractivity contribution is -0.123. The van der Waals surface area contributed by atoms with Crippen LogP contribution in [0.25, 0.3) is 0 Å². The summed E-state index contributed by atoms with van der Waals surface area (Å²) in [5.74, 6) is 1.43. The molecule has 0 spiro atoms. The molecule has 2 nitrogen and oxygen atoms in total. The van der Waals surface area contributed by atoms with Crippen molar-refractivity contribution < 1.29 is 9.59 Å². The van der Waals surface area contributed by atoms with E-state index in [0.29, 0.717) is 18.0 Å². The maximum absolute atomic E-state index is 12.2. The van der Waals surface area contributed by atoms with Crippen molar-refractivity contribution in [1.29, 1.82) is 0 Å². The molecule has 0 amide bonds. The molecule has 1 saturated carbocycles. The fourth-order valence-electron chi connectivity index (χ4n) is 3.19. The average Bonchev–Trinajstić information content (AvgIpc) is 2.75. The highest BCUT2D eigenvalue weighted by molar-refractivity contribution is 7.99. The highest BCUT2D eigenvalue weighted by atomic mass is 32.2. The first-order chi connectivity index (χ1) is 9.66. The maximum Gasteiger partial charge on any atom is 0.159 e. The van der Waals surface area contributed by atoms with E-state index in [0.717, 1.165) is 24.0 Å². The molecule has 0 bridgehead atoms. The average molecular weight is 286 g/mol. The minimum atomic E-state index is 0.0362. The fraction of sp³-hybridized carbons (Fsp3) is 0.412. The number of Topliss-reactive ketones (excluding diaryl/α,β-unsaturated/α-hetero) is 2. The summed E-state index contributed by atoms with van der Waals surface area (Å²) in [5, 5.41) is 0. The molecule has 2 atom stereocenters. The van der Waals surface area contributed by atoms with Gasteiger partial charge in [0.2, 0.25) is 0 Å². The van der Waals surface area contributed by atoms with Gasteiger partial charge in [-0.3, -0.25) is 9.59 Å². The molecule has 20 heavy (non-hydrogen) atoms. The van der Waals surface area contributed by atoms with Gasteiger partial charge in [-0.15, -0.1) is 11.8 Å². The molecular formula is C17H18O2S. The molecule has 1 fully saturated rings. The zero-order valence-corrected chi connectivity index (χ0v) is 12.4. The summed E-state index contributed by atoms with van der Waals surface area (Å²) >= 11 is 1.69. The lowest BCUT2D eigenvalue weighted by Crippen LogP contribution is -2.22. The molecular weight excluding hydrogens is 268 g/mol. The van der Waals surface area contributed by atoms with Gasteiger partial charge in [0.1, 0.15) is 5.78 Å². The van der Waals surface area contributed by atoms with Crippen molar-refractivity contribution in [1.82, 2.24) is 0 Å². The van der Waals surface area contributed by atoms with Crippen LogP contribution in [0.5, 0.6) is 0 Å². The standard InChI is InChI=1S/C17H18O2S/c1-11-9-14-13(17(11)19)7-8-16(18)15(14)10-20-12-5-3-2-4-6-12/h2-6,11,13H,7-10H2,1H3. The van der Waals surface area contributed by atoms with Crippen LogP contribution in [0, 0.1) is 11.8 Å². The van der Waals surface area contributed by atoms with Crippen LogP contribution in [-0.4, -0.2) is 17.3 Å². The van der Waals surface area contributed by atoms with E-state index in [2.05, 4.69) is 12.1 Å². The van der Waals surface area contributed by atoms with Gasteiger partial charge in [0.15, 0.2) is 5.78 Å². The van der Waals surface area contributed by atoms with Crippen LogP contribution in [0.4, 0.5) is 0 Å². The molecule has 3 heteroatoms. The van der Waals surface area contributed by atoms with Gasteiger partial charge in [-0.25, -0.2) is 0 Å². The molecule has 1 aromatic carbocycles. The van der Waals surface area contributed by atoms with Crippen LogP contribution >= 0.6 is 11.8 Å². The van der Waals surface area contributed by atoms with Gasteiger partial charge < -0.3 is 0 Å². The first kappa shape index (κ1) is 13.6. The molecule has 0 N–H and O–H groups in total. The third kappa shape index (κ3) is 2.47. The predicted molar refractivity (Wildman–Crippen MR) is 80.7 cm³/mol. The number of hydrogen-bond donors (Lipinski definition) is 0. The van der Waals surface area contributed by atoms with Crippen LogP contribution in [0.2, 0.25) is 0 Å². The number of thioether (sulfide) groups is 1. The largest absolute Gasteiger partial charge is 0.299 e. The SMILES string of the molecule is CC1CC2=C(CSc3ccccc3)C(=O)CCC2C1=O. The molecule has 2 unspecified atom stereocenters. The van der Waals surface area contributed by atoms with Crippen LogP contribution in [0.1, 0.15) is 26.2 Å². The molecule has 0 radical (unpaired) electrons. The lowest BCUT2D eigenvalue weighted by Gasteiger charge is -2.21. The highest BCUT2D eigenvalue weighted by Crippen LogP contribution is 2.42. The van der Waals surface area contributed by atoms with Gasteiger partial charge in [0.25, 0.3) is 0 Å². The number of benzene rings is 1. The van der Waals surface area contributed by atoms with E-state index in [1.165, 1.54) is 4.90 Å². The van der Waals surface area contributed by atoms with Gasteiger partial charge in [0, 0.05) is 34.5 Å². The Hall–Kier alpha value is -1.35. The predicted octanol–water partition coefficient (Wildman–Crippen LogP) is 3.66. The van der Waals surface area contributed by atoms with Gasteiger partial charge in [-0.05, 0) is 25.0 Å². The fourth-order valence-corrected chi connectivity index (χ4v) is 4.20. The van der Waals surface area contributed by atoms with Crippen molar-refractivity contribution in [3.8, 4) is 0 Å². The Morgan fingerprint density at radius 3 is 2.70 bits per heavy atom. The van der Waals surface area contributed by atoms with Gasteiger partial charge in [-0.1, -0.05) is 30.7 Å². The highest BCUT2D eigenvalue weighted by Gasteiger charge is 2.40. The van der Waals surface area contributed by atoms with Crippen molar-refractivity contribution in [3.63, 3.8) is 0 Å². The minimum absolute atomic E-state index is 0.0362. The normalized spacial score (nSPS) is 26.1. The number of fused-ring (bicyclic) bond motifs is 1. The van der Waals surface area contributed by atoms with Gasteiger partial charge >= 0.3 is 0 Å². The lowest BCUT2D eigenvalue weighted by atomic mass is 9.84. The topological polar surface area (TPSA) is 34.1 Å². The van der Waals surface area contributed by atoms with Crippen molar-refractivity contribution >= 4 is 23.3 Å². The third-order valence-electron chi connectivity index (χ3n) is 4.29. The summed E-state index contributed by atoms with van der Waals surface area (Å²) in [6.07, 6.45) is 2.06. The number of rotatable bonds is 3. The van der Waals surface area contributed by atoms with E-state index in [1.54, 1.807) is 11.8 Å². The molecule has 3 rings (SSSR count). The summed E-state index contributed by atoms with van der Waals surface area (Å²) in [7, 11) is 0. The second kappa shape index (κ2) is 5.57. The summed E-state index contributed by atoms with van der Waals surface area (Å²) in [6.45, 7) is 1.99. The van der Waals surface area contributed by atoms with Gasteiger partial charge in [-0.2, -0.15) is 0 Å². The zero-order chi connectivity index (χ0) is 14.1. The molecule has 2 aliphatic carbocycles. The zero-order valence-electron chi connectivity index (χ0n) is 11.6. The number of hydrogen-bond acceptors (Lipinski definition) is 3. The van der Waals surface area contributed by atoms with Gasteiger partial charge in [0.05, 0.1) is 0 Å². The second-order valence-electron chi connectivity index (χ2n) is 5.63. The Labute approximate surface area is 123 Å². The number of carbonyl (C=O) groups excluding carboxylic acids is 2. The first-order valence-electron chi connectivity index (χ1n) is 7.13. The van der Waals surface area contributed by atoms with Crippen molar-refractivity contribution in [2.24, 2.45) is 11.8 Å². The van der Waals surface area contributed by atoms with Crippen molar-refractivity contribution in [2.75, 3.05) is 5.75 Å². The number of ketones is 2. The van der Waals surface area contributed by atoms with Crippen molar-refractivity contribution in [3.05, 3.63) is 41.5 Å². The Balaban J connectivity index is 1.82. The smallest absolute Gasteiger partial charge is 0.159 e. The quantitative estimate of drug-likeness (QED) is 0.795. The van der Waals surface area contributed by atoms with Crippen molar-refractivity contribution in [2.45, 2.75) is 31.1 Å². The molecule has 0 aromatic heterocycles. The Morgan fingerprint density at radius 2 is 1.95 bits per heavy atom. The summed E-state index contributed by atoms with van der Waals surface area (Å²) < 4.78 is 0. The Bertz CT molecular complexity index is 574. The summed E-state index contributed by atoms with van der Waals surface area (Å²) in [6, 6.07) is 10.1. The molecule has 0 saturated heterocycles. The van der Waals surface area contributed by atoms with E-state index in [9.17, 15) is 9.59 Å². The molecule has 1 aromatic rings. The number of allylic oxidation sites excluding steroid dienone is 1. The van der Waals surface area contributed by atoms with E-state index in [4.69, 9.17) is 0 Å². The first-order valence-corrected chi connectivity index (χ1v) is 8.12. The van der Waals surface area contributed by atoms with E-state index in [-0.39, 0.29) is 17.6 Å². The molecule has 2 aliphatic rings. The van der Waals surface area contributed by atoms with Crippen LogP contribution in [0.15, 0.2) is 46.4 Å². The maximum atomic E-state index is 12.2. The van der Waals surface area contributed by atoms with E-state index < -0.39 is 0 Å². The molecule has 104 valence electrons.